The average Bonchev–Trinajstić information content (AvgIpc) is 2.83. The highest BCUT2D eigenvalue weighted by atomic mass is 16.5. The molecule has 0 amide bonds. The van der Waals surface area contributed by atoms with Crippen molar-refractivity contribution in [3.63, 3.8) is 0 Å². The molecule has 2 aromatic heterocycles. The van der Waals surface area contributed by atoms with Crippen molar-refractivity contribution < 1.29 is 4.74 Å². The van der Waals surface area contributed by atoms with Crippen molar-refractivity contribution in [3.8, 4) is 5.88 Å². The molecule has 0 unspecified atom stereocenters. The largest absolute Gasteiger partial charge is 0.478 e. The fourth-order valence-corrected chi connectivity index (χ4v) is 1.66. The van der Waals surface area contributed by atoms with E-state index in [9.17, 15) is 0 Å². The van der Waals surface area contributed by atoms with Crippen LogP contribution in [0.25, 0.3) is 0 Å². The van der Waals surface area contributed by atoms with E-state index >= 15 is 0 Å². The fourth-order valence-electron chi connectivity index (χ4n) is 1.66. The lowest BCUT2D eigenvalue weighted by Gasteiger charge is -2.07. The van der Waals surface area contributed by atoms with Crippen molar-refractivity contribution in [2.24, 2.45) is 7.05 Å². The fraction of sp³-hybridized carbons (Fsp3) is 0.462. The Morgan fingerprint density at radius 3 is 2.95 bits per heavy atom. The summed E-state index contributed by atoms with van der Waals surface area (Å²) in [5.74, 6) is 1.20. The molecule has 19 heavy (non-hydrogen) atoms. The van der Waals surface area contributed by atoms with Gasteiger partial charge in [0.15, 0.2) is 0 Å². The molecule has 0 aliphatic heterocycles. The van der Waals surface area contributed by atoms with Gasteiger partial charge in [0.1, 0.15) is 0 Å². The van der Waals surface area contributed by atoms with Gasteiger partial charge in [-0.05, 0) is 12.5 Å². The number of ether oxygens (including phenoxy) is 1. The third-order valence-electron chi connectivity index (χ3n) is 2.67. The molecule has 0 atom stereocenters. The highest BCUT2D eigenvalue weighted by molar-refractivity contribution is 5.27. The normalized spacial score (nSPS) is 10.4. The lowest BCUT2D eigenvalue weighted by Crippen LogP contribution is -2.10. The number of anilines is 1. The molecule has 2 aromatic rings. The number of aromatic nitrogens is 4. The number of nitrogens with one attached hydrogen (secondary N) is 1. The van der Waals surface area contributed by atoms with Crippen LogP contribution in [0.3, 0.4) is 0 Å². The predicted molar refractivity (Wildman–Crippen MR) is 73.2 cm³/mol. The van der Waals surface area contributed by atoms with E-state index in [0.29, 0.717) is 18.4 Å². The van der Waals surface area contributed by atoms with Crippen molar-refractivity contribution in [2.45, 2.75) is 19.8 Å². The SMILES string of the molecule is CCCOc1ccnc(NCCc2ccnn2C)n1. The second-order valence-corrected chi connectivity index (χ2v) is 4.19. The molecule has 2 heterocycles. The third kappa shape index (κ3) is 3.94. The third-order valence-corrected chi connectivity index (χ3v) is 2.67. The van der Waals surface area contributed by atoms with E-state index in [4.69, 9.17) is 4.74 Å². The maximum atomic E-state index is 5.46. The molecule has 2 rings (SSSR count). The first-order valence-electron chi connectivity index (χ1n) is 6.46. The number of nitrogens with zero attached hydrogens (tertiary/aromatic N) is 4. The second-order valence-electron chi connectivity index (χ2n) is 4.19. The van der Waals surface area contributed by atoms with E-state index in [0.717, 1.165) is 19.4 Å². The molecule has 1 N–H and O–H groups in total. The molecule has 0 saturated carbocycles. The van der Waals surface area contributed by atoms with E-state index in [-0.39, 0.29) is 0 Å². The minimum absolute atomic E-state index is 0.593. The van der Waals surface area contributed by atoms with Crippen LogP contribution in [0.1, 0.15) is 19.0 Å². The van der Waals surface area contributed by atoms with Crippen LogP contribution in [-0.2, 0) is 13.5 Å². The maximum absolute atomic E-state index is 5.46. The van der Waals surface area contributed by atoms with Crippen LogP contribution in [0.15, 0.2) is 24.5 Å². The maximum Gasteiger partial charge on any atom is 0.225 e. The average molecular weight is 261 g/mol. The molecule has 0 radical (unpaired) electrons. The smallest absolute Gasteiger partial charge is 0.225 e. The zero-order chi connectivity index (χ0) is 13.5. The minimum atomic E-state index is 0.593. The monoisotopic (exact) mass is 261 g/mol. The van der Waals surface area contributed by atoms with Crippen molar-refractivity contribution >= 4 is 5.95 Å². The van der Waals surface area contributed by atoms with Gasteiger partial charge < -0.3 is 10.1 Å². The van der Waals surface area contributed by atoms with Crippen LogP contribution in [0.4, 0.5) is 5.95 Å². The van der Waals surface area contributed by atoms with Gasteiger partial charge in [0.25, 0.3) is 0 Å². The molecular weight excluding hydrogens is 242 g/mol. The van der Waals surface area contributed by atoms with Crippen molar-refractivity contribution in [2.75, 3.05) is 18.5 Å². The Morgan fingerprint density at radius 1 is 1.32 bits per heavy atom. The number of hydrogen-bond donors (Lipinski definition) is 1. The molecule has 0 aliphatic carbocycles. The standard InChI is InChI=1S/C13H19N5O/c1-3-10-19-12-6-8-15-13(17-12)14-7-4-11-5-9-16-18(11)2/h5-6,8-9H,3-4,7,10H2,1-2H3,(H,14,15,17). The first-order chi connectivity index (χ1) is 9.29. The van der Waals surface area contributed by atoms with Gasteiger partial charge in [-0.3, -0.25) is 4.68 Å². The topological polar surface area (TPSA) is 64.9 Å². The molecule has 0 spiro atoms. The van der Waals surface area contributed by atoms with Gasteiger partial charge >= 0.3 is 0 Å². The quantitative estimate of drug-likeness (QED) is 0.821. The number of hydrogen-bond acceptors (Lipinski definition) is 5. The van der Waals surface area contributed by atoms with Crippen LogP contribution < -0.4 is 10.1 Å². The van der Waals surface area contributed by atoms with E-state index in [1.807, 2.05) is 17.8 Å². The van der Waals surface area contributed by atoms with Gasteiger partial charge in [0, 0.05) is 44.2 Å². The van der Waals surface area contributed by atoms with Crippen LogP contribution >= 0.6 is 0 Å². The van der Waals surface area contributed by atoms with Crippen LogP contribution in [0.2, 0.25) is 0 Å². The zero-order valence-corrected chi connectivity index (χ0v) is 11.3. The molecule has 6 heteroatoms. The Hall–Kier alpha value is -2.11. The Balaban J connectivity index is 1.84. The molecule has 0 aliphatic rings. The van der Waals surface area contributed by atoms with Crippen LogP contribution in [0.5, 0.6) is 5.88 Å². The summed E-state index contributed by atoms with van der Waals surface area (Å²) in [6.45, 7) is 3.50. The lowest BCUT2D eigenvalue weighted by molar-refractivity contribution is 0.305. The Morgan fingerprint density at radius 2 is 2.21 bits per heavy atom. The molecule has 0 aromatic carbocycles. The summed E-state index contributed by atoms with van der Waals surface area (Å²) in [6, 6.07) is 3.77. The van der Waals surface area contributed by atoms with Gasteiger partial charge in [-0.1, -0.05) is 6.92 Å². The molecule has 0 saturated heterocycles. The van der Waals surface area contributed by atoms with Crippen LogP contribution in [0, 0.1) is 0 Å². The van der Waals surface area contributed by atoms with Crippen molar-refractivity contribution in [1.29, 1.82) is 0 Å². The molecule has 102 valence electrons. The van der Waals surface area contributed by atoms with Gasteiger partial charge in [-0.25, -0.2) is 4.98 Å². The Bertz CT molecular complexity index is 511. The first kappa shape index (κ1) is 13.3. The number of rotatable bonds is 7. The van der Waals surface area contributed by atoms with E-state index in [1.54, 1.807) is 18.5 Å². The minimum Gasteiger partial charge on any atom is -0.478 e. The summed E-state index contributed by atoms with van der Waals surface area (Å²) in [5.41, 5.74) is 1.17. The molecule has 6 nitrogen and oxygen atoms in total. The highest BCUT2D eigenvalue weighted by Crippen LogP contribution is 2.08. The Kier molecular flexibility index (Phi) is 4.72. The molecule has 0 fully saturated rings. The van der Waals surface area contributed by atoms with E-state index in [2.05, 4.69) is 27.3 Å². The highest BCUT2D eigenvalue weighted by Gasteiger charge is 2.01. The van der Waals surface area contributed by atoms with Gasteiger partial charge in [-0.2, -0.15) is 10.1 Å². The summed E-state index contributed by atoms with van der Waals surface area (Å²) in [4.78, 5) is 8.45. The summed E-state index contributed by atoms with van der Waals surface area (Å²) in [7, 11) is 1.94. The van der Waals surface area contributed by atoms with Crippen LogP contribution in [-0.4, -0.2) is 32.9 Å². The first-order valence-corrected chi connectivity index (χ1v) is 6.46. The number of aryl methyl sites for hydroxylation is 1. The summed E-state index contributed by atoms with van der Waals surface area (Å²) in [5, 5.41) is 7.31. The summed E-state index contributed by atoms with van der Waals surface area (Å²) in [6.07, 6.45) is 5.34. The van der Waals surface area contributed by atoms with E-state index < -0.39 is 0 Å². The van der Waals surface area contributed by atoms with Crippen molar-refractivity contribution in [1.82, 2.24) is 19.7 Å². The molecule has 0 bridgehead atoms. The van der Waals surface area contributed by atoms with Crippen molar-refractivity contribution in [3.05, 3.63) is 30.2 Å². The lowest BCUT2D eigenvalue weighted by atomic mass is 10.3. The summed E-state index contributed by atoms with van der Waals surface area (Å²) >= 11 is 0. The Labute approximate surface area is 112 Å². The molecular formula is C13H19N5O. The predicted octanol–water partition coefficient (Wildman–Crippen LogP) is 1.65. The van der Waals surface area contributed by atoms with E-state index in [1.165, 1.54) is 5.69 Å². The summed E-state index contributed by atoms with van der Waals surface area (Å²) < 4.78 is 7.33. The second kappa shape index (κ2) is 6.72. The zero-order valence-electron chi connectivity index (χ0n) is 11.3. The van der Waals surface area contributed by atoms with Gasteiger partial charge in [0.05, 0.1) is 6.61 Å². The van der Waals surface area contributed by atoms with Gasteiger partial charge in [0.2, 0.25) is 11.8 Å². The van der Waals surface area contributed by atoms with Gasteiger partial charge in [-0.15, -0.1) is 0 Å².